The Morgan fingerprint density at radius 3 is 2.73 bits per heavy atom. The highest BCUT2D eigenvalue weighted by molar-refractivity contribution is 7.90. The van der Waals surface area contributed by atoms with Crippen molar-refractivity contribution in [2.75, 3.05) is 6.61 Å². The SMILES string of the molecule is CCOC(=O)Cc1ccc(C#N)cc1OCc1cc(-c2ccnc(CN[S+]([O-])C(C)(C)C)c2F)c2occc2c1. The van der Waals surface area contributed by atoms with Gasteiger partial charge in [-0.05, 0) is 69.7 Å². The maximum absolute atomic E-state index is 15.7. The molecule has 1 atom stereocenters. The number of halogens is 1. The molecular formula is C30H30FN3O5S. The molecule has 0 aliphatic rings. The number of hydrogen-bond donors (Lipinski definition) is 1. The van der Waals surface area contributed by atoms with Crippen molar-refractivity contribution < 1.29 is 27.6 Å². The molecule has 2 aromatic heterocycles. The molecule has 8 nitrogen and oxygen atoms in total. The molecule has 4 rings (SSSR count). The van der Waals surface area contributed by atoms with Gasteiger partial charge < -0.3 is 18.4 Å². The van der Waals surface area contributed by atoms with E-state index < -0.39 is 27.9 Å². The van der Waals surface area contributed by atoms with E-state index in [2.05, 4.69) is 15.8 Å². The average molecular weight is 564 g/mol. The molecule has 1 unspecified atom stereocenters. The number of carbonyl (C=O) groups is 1. The second-order valence-electron chi connectivity index (χ2n) is 10.0. The molecule has 0 fully saturated rings. The van der Waals surface area contributed by atoms with Crippen LogP contribution in [0.1, 0.15) is 50.1 Å². The van der Waals surface area contributed by atoms with Gasteiger partial charge in [-0.15, -0.1) is 4.72 Å². The number of esters is 1. The highest BCUT2D eigenvalue weighted by Gasteiger charge is 2.27. The lowest BCUT2D eigenvalue weighted by Gasteiger charge is -2.23. The van der Waals surface area contributed by atoms with E-state index in [1.807, 2.05) is 26.8 Å². The minimum absolute atomic E-state index is 0.0000607. The number of fused-ring (bicyclic) bond motifs is 1. The van der Waals surface area contributed by atoms with E-state index in [0.29, 0.717) is 28.0 Å². The number of ether oxygens (including phenoxy) is 2. The van der Waals surface area contributed by atoms with E-state index in [4.69, 9.17) is 13.9 Å². The molecule has 10 heteroatoms. The van der Waals surface area contributed by atoms with Crippen molar-refractivity contribution in [2.45, 2.75) is 52.0 Å². The van der Waals surface area contributed by atoms with E-state index in [1.165, 1.54) is 12.5 Å². The molecule has 1 N–H and O–H groups in total. The molecule has 0 bridgehead atoms. The normalized spacial score (nSPS) is 12.2. The van der Waals surface area contributed by atoms with Crippen LogP contribution in [0.5, 0.6) is 5.75 Å². The number of rotatable bonds is 10. The standard InChI is InChI=1S/C30H30FN3O5S/c1-5-37-27(35)15-21-7-6-19(16-32)14-26(21)39-18-20-12-22-9-11-38-29(22)24(13-20)23-8-10-33-25(28(23)31)17-34-40(36)30(2,3)4/h6-14,34H,5,15,17-18H2,1-4H3. The predicted molar refractivity (Wildman–Crippen MR) is 150 cm³/mol. The van der Waals surface area contributed by atoms with E-state index >= 15 is 4.39 Å². The number of furan rings is 1. The van der Waals surface area contributed by atoms with Gasteiger partial charge in [0, 0.05) is 39.6 Å². The fraction of sp³-hybridized carbons (Fsp3) is 0.300. The third kappa shape index (κ3) is 6.80. The first-order valence-electron chi connectivity index (χ1n) is 12.7. The lowest BCUT2D eigenvalue weighted by atomic mass is 10.00. The maximum Gasteiger partial charge on any atom is 0.310 e. The fourth-order valence-electron chi connectivity index (χ4n) is 4.03. The minimum atomic E-state index is -1.39. The molecule has 0 aliphatic carbocycles. The Bertz CT molecular complexity index is 1560. The summed E-state index contributed by atoms with van der Waals surface area (Å²) in [6, 6.07) is 13.9. The summed E-state index contributed by atoms with van der Waals surface area (Å²) >= 11 is -1.39. The highest BCUT2D eigenvalue weighted by Crippen LogP contribution is 2.34. The first-order valence-corrected chi connectivity index (χ1v) is 13.9. The molecule has 0 saturated carbocycles. The zero-order valence-corrected chi connectivity index (χ0v) is 23.6. The van der Waals surface area contributed by atoms with Gasteiger partial charge in [0.05, 0.1) is 43.2 Å². The molecule has 0 amide bonds. The number of nitriles is 1. The Morgan fingerprint density at radius 2 is 2.00 bits per heavy atom. The Balaban J connectivity index is 1.64. The van der Waals surface area contributed by atoms with Crippen LogP contribution in [-0.4, -0.2) is 26.9 Å². The predicted octanol–water partition coefficient (Wildman–Crippen LogP) is 5.74. The highest BCUT2D eigenvalue weighted by atomic mass is 32.2. The number of hydrogen-bond acceptors (Lipinski definition) is 8. The van der Waals surface area contributed by atoms with Gasteiger partial charge in [0.1, 0.15) is 22.7 Å². The van der Waals surface area contributed by atoms with Gasteiger partial charge in [-0.3, -0.25) is 9.78 Å². The molecule has 0 aliphatic heterocycles. The third-order valence-corrected chi connectivity index (χ3v) is 7.54. The molecule has 0 spiro atoms. The number of aromatic nitrogens is 1. The summed E-state index contributed by atoms with van der Waals surface area (Å²) in [5.41, 5.74) is 3.13. The van der Waals surface area contributed by atoms with Crippen LogP contribution in [0.25, 0.3) is 22.1 Å². The second kappa shape index (κ2) is 12.5. The quantitative estimate of drug-likeness (QED) is 0.192. The zero-order valence-electron chi connectivity index (χ0n) is 22.7. The smallest absolute Gasteiger partial charge is 0.310 e. The molecule has 2 heterocycles. The first kappa shape index (κ1) is 29.1. The Hall–Kier alpha value is -3.91. The molecule has 208 valence electrons. The number of nitrogens with zero attached hydrogens (tertiary/aromatic N) is 2. The van der Waals surface area contributed by atoms with E-state index in [1.54, 1.807) is 43.3 Å². The lowest BCUT2D eigenvalue weighted by Crippen LogP contribution is -2.39. The summed E-state index contributed by atoms with van der Waals surface area (Å²) in [6.07, 6.45) is 3.03. The van der Waals surface area contributed by atoms with Crippen molar-refractivity contribution in [1.29, 1.82) is 5.26 Å². The number of pyridine rings is 1. The van der Waals surface area contributed by atoms with Crippen LogP contribution in [0, 0.1) is 17.1 Å². The summed E-state index contributed by atoms with van der Waals surface area (Å²) in [5, 5.41) is 10.1. The molecule has 0 radical (unpaired) electrons. The molecule has 40 heavy (non-hydrogen) atoms. The van der Waals surface area contributed by atoms with Crippen LogP contribution in [0.3, 0.4) is 0 Å². The topological polar surface area (TPSA) is 120 Å². The summed E-state index contributed by atoms with van der Waals surface area (Å²) in [5.74, 6) is -0.560. The molecule has 0 saturated heterocycles. The van der Waals surface area contributed by atoms with Gasteiger partial charge in [0.15, 0.2) is 5.82 Å². The van der Waals surface area contributed by atoms with Crippen LogP contribution >= 0.6 is 0 Å². The summed E-state index contributed by atoms with van der Waals surface area (Å²) < 4.78 is 47.3. The number of benzene rings is 2. The molecule has 4 aromatic rings. The average Bonchev–Trinajstić information content (AvgIpc) is 3.40. The zero-order chi connectivity index (χ0) is 28.9. The summed E-state index contributed by atoms with van der Waals surface area (Å²) in [4.78, 5) is 16.2. The van der Waals surface area contributed by atoms with Crippen molar-refractivity contribution >= 4 is 28.3 Å². The monoisotopic (exact) mass is 563 g/mol. The summed E-state index contributed by atoms with van der Waals surface area (Å²) in [7, 11) is 0. The van der Waals surface area contributed by atoms with Crippen molar-refractivity contribution in [3.63, 3.8) is 0 Å². The van der Waals surface area contributed by atoms with Crippen molar-refractivity contribution in [3.8, 4) is 22.9 Å². The lowest BCUT2D eigenvalue weighted by molar-refractivity contribution is -0.142. The fourth-order valence-corrected chi connectivity index (χ4v) is 4.73. The second-order valence-corrected chi connectivity index (χ2v) is 12.1. The maximum atomic E-state index is 15.7. The Labute approximate surface area is 235 Å². The van der Waals surface area contributed by atoms with Crippen LogP contribution in [0.4, 0.5) is 4.39 Å². The largest absolute Gasteiger partial charge is 0.598 e. The van der Waals surface area contributed by atoms with E-state index in [0.717, 1.165) is 10.9 Å². The van der Waals surface area contributed by atoms with Gasteiger partial charge in [-0.25, -0.2) is 4.39 Å². The number of carbonyl (C=O) groups excluding carboxylic acids is 1. The van der Waals surface area contributed by atoms with Crippen LogP contribution in [-0.2, 0) is 40.5 Å². The van der Waals surface area contributed by atoms with Crippen LogP contribution in [0.2, 0.25) is 0 Å². The van der Waals surface area contributed by atoms with E-state index in [-0.39, 0.29) is 37.4 Å². The van der Waals surface area contributed by atoms with Gasteiger partial charge in [-0.1, -0.05) is 6.07 Å². The van der Waals surface area contributed by atoms with Gasteiger partial charge in [-0.2, -0.15) is 5.26 Å². The Morgan fingerprint density at radius 1 is 1.20 bits per heavy atom. The van der Waals surface area contributed by atoms with Crippen molar-refractivity contribution in [3.05, 3.63) is 83.1 Å². The van der Waals surface area contributed by atoms with Crippen molar-refractivity contribution in [1.82, 2.24) is 9.71 Å². The third-order valence-electron chi connectivity index (χ3n) is 6.02. The molecular weight excluding hydrogens is 533 g/mol. The first-order chi connectivity index (χ1) is 19.1. The van der Waals surface area contributed by atoms with Gasteiger partial charge in [0.2, 0.25) is 0 Å². The van der Waals surface area contributed by atoms with Gasteiger partial charge in [0.25, 0.3) is 0 Å². The molecule has 2 aromatic carbocycles. The summed E-state index contributed by atoms with van der Waals surface area (Å²) in [6.45, 7) is 7.55. The van der Waals surface area contributed by atoms with Crippen LogP contribution < -0.4 is 9.46 Å². The number of nitrogens with one attached hydrogen (secondary N) is 1. The van der Waals surface area contributed by atoms with Crippen molar-refractivity contribution in [2.24, 2.45) is 0 Å². The van der Waals surface area contributed by atoms with E-state index in [9.17, 15) is 14.6 Å². The minimum Gasteiger partial charge on any atom is -0.598 e. The van der Waals surface area contributed by atoms with Crippen LogP contribution in [0.15, 0.2) is 59.3 Å². The Kier molecular flexibility index (Phi) is 9.10. The van der Waals surface area contributed by atoms with Gasteiger partial charge >= 0.3 is 5.97 Å².